The molecule has 16 heavy (non-hydrogen) atoms. The second-order valence-corrected chi connectivity index (χ2v) is 3.66. The lowest BCUT2D eigenvalue weighted by Crippen LogP contribution is -2.29. The number of carbonyl (C=O) groups is 1. The normalized spacial score (nSPS) is 14.3. The van der Waals surface area contributed by atoms with Gasteiger partial charge in [0, 0.05) is 12.8 Å². The summed E-state index contributed by atoms with van der Waals surface area (Å²) < 4.78 is 10.2. The predicted molar refractivity (Wildman–Crippen MR) is 60.3 cm³/mol. The highest BCUT2D eigenvalue weighted by Crippen LogP contribution is 2.27. The Kier molecular flexibility index (Phi) is 3.54. The van der Waals surface area contributed by atoms with Crippen LogP contribution >= 0.6 is 0 Å². The molecule has 0 bridgehead atoms. The van der Waals surface area contributed by atoms with Gasteiger partial charge in [0.05, 0.1) is 19.6 Å². The van der Waals surface area contributed by atoms with Crippen LogP contribution in [0, 0.1) is 0 Å². The van der Waals surface area contributed by atoms with Gasteiger partial charge in [-0.05, 0) is 11.6 Å². The highest BCUT2D eigenvalue weighted by atomic mass is 16.5. The number of fused-ring (bicyclic) bond motifs is 1. The number of rotatable bonds is 5. The van der Waals surface area contributed by atoms with Crippen LogP contribution in [0.15, 0.2) is 24.3 Å². The molecule has 0 fully saturated rings. The van der Waals surface area contributed by atoms with E-state index in [0.29, 0.717) is 26.4 Å². The maximum atomic E-state index is 11.7. The molecule has 0 N–H and O–H groups in total. The van der Waals surface area contributed by atoms with E-state index in [9.17, 15) is 4.79 Å². The predicted octanol–water partition coefficient (Wildman–Crippen LogP) is 1.20. The van der Waals surface area contributed by atoms with E-state index in [4.69, 9.17) is 9.47 Å². The number of carbonyl (C=O) groups excluding carboxylic acids is 1. The molecule has 0 radical (unpaired) electrons. The summed E-state index contributed by atoms with van der Waals surface area (Å²) in [4.78, 5) is 13.4. The molecule has 0 saturated heterocycles. The quantitative estimate of drug-likeness (QED) is 0.701. The summed E-state index contributed by atoms with van der Waals surface area (Å²) in [5, 5.41) is 0. The van der Waals surface area contributed by atoms with Crippen molar-refractivity contribution in [2.24, 2.45) is 0 Å². The highest BCUT2D eigenvalue weighted by molar-refractivity contribution is 6.01. The maximum Gasteiger partial charge on any atom is 0.233 e. The molecule has 0 saturated carbocycles. The number of hydrogen-bond acceptors (Lipinski definition) is 3. The number of amides is 1. The van der Waals surface area contributed by atoms with Gasteiger partial charge in [-0.25, -0.2) is 0 Å². The third-order valence-corrected chi connectivity index (χ3v) is 2.58. The molecule has 1 aromatic rings. The minimum atomic E-state index is 0.0959. The molecule has 0 aliphatic carbocycles. The first kappa shape index (κ1) is 11.1. The molecular weight excluding hydrogens is 206 g/mol. The minimum Gasteiger partial charge on any atom is -0.382 e. The van der Waals surface area contributed by atoms with Crippen molar-refractivity contribution in [3.8, 4) is 0 Å². The number of hydrogen-bond donors (Lipinski definition) is 0. The maximum absolute atomic E-state index is 11.7. The second-order valence-electron chi connectivity index (χ2n) is 3.66. The molecule has 0 aromatic heterocycles. The van der Waals surface area contributed by atoms with E-state index in [1.54, 1.807) is 12.0 Å². The fraction of sp³-hybridized carbons (Fsp3) is 0.417. The smallest absolute Gasteiger partial charge is 0.233 e. The van der Waals surface area contributed by atoms with Crippen LogP contribution in [-0.2, 0) is 20.7 Å². The van der Waals surface area contributed by atoms with Crippen molar-refractivity contribution in [2.45, 2.75) is 6.42 Å². The molecule has 1 amide bonds. The van der Waals surface area contributed by atoms with Gasteiger partial charge in [0.15, 0.2) is 0 Å². The first-order valence-electron chi connectivity index (χ1n) is 5.28. The number of anilines is 1. The van der Waals surface area contributed by atoms with Crippen molar-refractivity contribution in [3.05, 3.63) is 29.8 Å². The van der Waals surface area contributed by atoms with Crippen LogP contribution in [-0.4, -0.2) is 33.0 Å². The summed E-state index contributed by atoms with van der Waals surface area (Å²) >= 11 is 0. The molecule has 1 aliphatic heterocycles. The summed E-state index contributed by atoms with van der Waals surface area (Å²) in [6.45, 7) is 1.35. The molecule has 2 rings (SSSR count). The zero-order valence-corrected chi connectivity index (χ0v) is 9.31. The van der Waals surface area contributed by atoms with Gasteiger partial charge in [0.1, 0.15) is 6.73 Å². The molecule has 86 valence electrons. The van der Waals surface area contributed by atoms with Gasteiger partial charge in [0.2, 0.25) is 5.91 Å². The first-order chi connectivity index (χ1) is 7.83. The lowest BCUT2D eigenvalue weighted by atomic mass is 10.2. The van der Waals surface area contributed by atoms with Gasteiger partial charge in [-0.2, -0.15) is 0 Å². The zero-order chi connectivity index (χ0) is 11.4. The molecule has 0 spiro atoms. The minimum absolute atomic E-state index is 0.0959. The van der Waals surface area contributed by atoms with Gasteiger partial charge in [-0.3, -0.25) is 9.69 Å². The van der Waals surface area contributed by atoms with E-state index < -0.39 is 0 Å². The number of ether oxygens (including phenoxy) is 2. The molecule has 0 atom stereocenters. The fourth-order valence-electron chi connectivity index (χ4n) is 1.76. The van der Waals surface area contributed by atoms with E-state index in [2.05, 4.69) is 0 Å². The fourth-order valence-corrected chi connectivity index (χ4v) is 1.76. The molecular formula is C12H15NO3. The monoisotopic (exact) mass is 221 g/mol. The van der Waals surface area contributed by atoms with Crippen LogP contribution in [0.25, 0.3) is 0 Å². The van der Waals surface area contributed by atoms with Gasteiger partial charge in [0.25, 0.3) is 0 Å². The Morgan fingerprint density at radius 3 is 2.94 bits per heavy atom. The number of nitrogens with zero attached hydrogens (tertiary/aromatic N) is 1. The van der Waals surface area contributed by atoms with Crippen LogP contribution in [0.2, 0.25) is 0 Å². The summed E-state index contributed by atoms with van der Waals surface area (Å²) in [6, 6.07) is 7.79. The molecule has 4 nitrogen and oxygen atoms in total. The lowest BCUT2D eigenvalue weighted by molar-refractivity contribution is -0.118. The van der Waals surface area contributed by atoms with Crippen LogP contribution in [0.5, 0.6) is 0 Å². The van der Waals surface area contributed by atoms with E-state index in [1.165, 1.54) is 0 Å². The van der Waals surface area contributed by atoms with E-state index in [0.717, 1.165) is 11.3 Å². The Hall–Kier alpha value is -1.39. The average Bonchev–Trinajstić information content (AvgIpc) is 2.61. The van der Waals surface area contributed by atoms with Gasteiger partial charge in [-0.1, -0.05) is 18.2 Å². The SMILES string of the molecule is COCCOCN1C(=O)Cc2ccccc21. The topological polar surface area (TPSA) is 38.8 Å². The molecule has 1 heterocycles. The summed E-state index contributed by atoms with van der Waals surface area (Å²) in [6.07, 6.45) is 0.476. The van der Waals surface area contributed by atoms with Crippen molar-refractivity contribution in [1.82, 2.24) is 0 Å². The zero-order valence-electron chi connectivity index (χ0n) is 9.31. The summed E-state index contributed by atoms with van der Waals surface area (Å²) in [7, 11) is 1.62. The molecule has 0 unspecified atom stereocenters. The van der Waals surface area contributed by atoms with E-state index in [-0.39, 0.29) is 5.91 Å². The molecule has 1 aromatic carbocycles. The van der Waals surface area contributed by atoms with E-state index in [1.807, 2.05) is 24.3 Å². The Morgan fingerprint density at radius 2 is 2.12 bits per heavy atom. The Morgan fingerprint density at radius 1 is 1.31 bits per heavy atom. The largest absolute Gasteiger partial charge is 0.382 e. The van der Waals surface area contributed by atoms with Gasteiger partial charge in [-0.15, -0.1) is 0 Å². The van der Waals surface area contributed by atoms with Crippen molar-refractivity contribution < 1.29 is 14.3 Å². The molecule has 1 aliphatic rings. The third kappa shape index (κ3) is 2.23. The van der Waals surface area contributed by atoms with Gasteiger partial charge >= 0.3 is 0 Å². The lowest BCUT2D eigenvalue weighted by Gasteiger charge is -2.17. The van der Waals surface area contributed by atoms with Crippen LogP contribution in [0.3, 0.4) is 0 Å². The molecule has 4 heteroatoms. The van der Waals surface area contributed by atoms with Gasteiger partial charge < -0.3 is 9.47 Å². The van der Waals surface area contributed by atoms with Crippen LogP contribution < -0.4 is 4.90 Å². The summed E-state index contributed by atoms with van der Waals surface area (Å²) in [5.74, 6) is 0.0959. The summed E-state index contributed by atoms with van der Waals surface area (Å²) in [5.41, 5.74) is 2.03. The Balaban J connectivity index is 1.97. The van der Waals surface area contributed by atoms with Crippen molar-refractivity contribution in [1.29, 1.82) is 0 Å². The second kappa shape index (κ2) is 5.09. The standard InChI is InChI=1S/C12H15NO3/c1-15-6-7-16-9-13-11-5-3-2-4-10(11)8-12(13)14/h2-5H,6-9H2,1H3. The van der Waals surface area contributed by atoms with Crippen molar-refractivity contribution >= 4 is 11.6 Å². The van der Waals surface area contributed by atoms with Crippen LogP contribution in [0.4, 0.5) is 5.69 Å². The Bertz CT molecular complexity index is 378. The van der Waals surface area contributed by atoms with Crippen molar-refractivity contribution in [2.75, 3.05) is 32.0 Å². The van der Waals surface area contributed by atoms with Crippen molar-refractivity contribution in [3.63, 3.8) is 0 Å². The number of methoxy groups -OCH3 is 1. The van der Waals surface area contributed by atoms with E-state index >= 15 is 0 Å². The average molecular weight is 221 g/mol. The Labute approximate surface area is 94.8 Å². The van der Waals surface area contributed by atoms with Crippen LogP contribution in [0.1, 0.15) is 5.56 Å². The third-order valence-electron chi connectivity index (χ3n) is 2.58. The number of benzene rings is 1. The first-order valence-corrected chi connectivity index (χ1v) is 5.28. The highest BCUT2D eigenvalue weighted by Gasteiger charge is 2.26. The number of para-hydroxylation sites is 1.